The van der Waals surface area contributed by atoms with Gasteiger partial charge in [0.2, 0.25) is 5.91 Å². The predicted molar refractivity (Wildman–Crippen MR) is 138 cm³/mol. The first-order valence-electron chi connectivity index (χ1n) is 11.6. The zero-order valence-electron chi connectivity index (χ0n) is 19.7. The van der Waals surface area contributed by atoms with Crippen molar-refractivity contribution in [1.29, 1.82) is 0 Å². The van der Waals surface area contributed by atoms with Gasteiger partial charge in [-0.1, -0.05) is 31.2 Å². The van der Waals surface area contributed by atoms with Gasteiger partial charge in [-0.3, -0.25) is 14.5 Å². The Morgan fingerprint density at radius 2 is 2.06 bits per heavy atom. The Hall–Kier alpha value is -2.16. The fraction of sp³-hybridized carbons (Fsp3) is 0.480. The SMILES string of the molecule is CCC(CNC(=O)C(C)SCc1nc2sc(C)c(C)c2c(=O)[nH]1)N1CCc2ccccc2C1. The number of aryl methyl sites for hydroxylation is 2. The van der Waals surface area contributed by atoms with E-state index in [0.717, 1.165) is 41.2 Å². The Balaban J connectivity index is 1.30. The average Bonchev–Trinajstić information content (AvgIpc) is 3.11. The molecule has 176 valence electrons. The van der Waals surface area contributed by atoms with Crippen LogP contribution in [0.2, 0.25) is 0 Å². The number of amides is 1. The summed E-state index contributed by atoms with van der Waals surface area (Å²) in [4.78, 5) is 37.1. The van der Waals surface area contributed by atoms with E-state index in [4.69, 9.17) is 0 Å². The number of carbonyl (C=O) groups excluding carboxylic acids is 1. The zero-order valence-corrected chi connectivity index (χ0v) is 21.4. The number of fused-ring (bicyclic) bond motifs is 2. The van der Waals surface area contributed by atoms with Crippen molar-refractivity contribution in [2.24, 2.45) is 0 Å². The summed E-state index contributed by atoms with van der Waals surface area (Å²) in [5.74, 6) is 1.15. The monoisotopic (exact) mass is 484 g/mol. The van der Waals surface area contributed by atoms with Crippen LogP contribution in [0.1, 0.15) is 47.7 Å². The summed E-state index contributed by atoms with van der Waals surface area (Å²) < 4.78 is 0. The lowest BCUT2D eigenvalue weighted by molar-refractivity contribution is -0.120. The first kappa shape index (κ1) is 24.0. The van der Waals surface area contributed by atoms with Crippen LogP contribution in [0.5, 0.6) is 0 Å². The van der Waals surface area contributed by atoms with Crippen molar-refractivity contribution in [2.75, 3.05) is 13.1 Å². The number of aromatic nitrogens is 2. The number of hydrogen-bond acceptors (Lipinski definition) is 6. The second kappa shape index (κ2) is 10.4. The van der Waals surface area contributed by atoms with Gasteiger partial charge in [0.15, 0.2) is 0 Å². The number of thiophene rings is 1. The number of benzene rings is 1. The van der Waals surface area contributed by atoms with Crippen molar-refractivity contribution >= 4 is 39.2 Å². The highest BCUT2D eigenvalue weighted by Crippen LogP contribution is 2.26. The van der Waals surface area contributed by atoms with E-state index in [1.165, 1.54) is 22.9 Å². The van der Waals surface area contributed by atoms with Gasteiger partial charge >= 0.3 is 0 Å². The van der Waals surface area contributed by atoms with E-state index in [1.54, 1.807) is 11.3 Å². The van der Waals surface area contributed by atoms with E-state index in [9.17, 15) is 9.59 Å². The van der Waals surface area contributed by atoms with Crippen molar-refractivity contribution in [1.82, 2.24) is 20.2 Å². The van der Waals surface area contributed by atoms with Gasteiger partial charge in [0.05, 0.1) is 16.4 Å². The van der Waals surface area contributed by atoms with Gasteiger partial charge < -0.3 is 10.3 Å². The van der Waals surface area contributed by atoms with Gasteiger partial charge in [-0.15, -0.1) is 23.1 Å². The van der Waals surface area contributed by atoms with Crippen LogP contribution in [0.4, 0.5) is 0 Å². The fourth-order valence-electron chi connectivity index (χ4n) is 4.37. The average molecular weight is 485 g/mol. The molecule has 0 fully saturated rings. The van der Waals surface area contributed by atoms with Crippen LogP contribution in [0.25, 0.3) is 10.2 Å². The highest BCUT2D eigenvalue weighted by molar-refractivity contribution is 7.99. The smallest absolute Gasteiger partial charge is 0.259 e. The molecule has 33 heavy (non-hydrogen) atoms. The number of nitrogens with one attached hydrogen (secondary N) is 2. The summed E-state index contributed by atoms with van der Waals surface area (Å²) in [5, 5.41) is 3.61. The van der Waals surface area contributed by atoms with Crippen molar-refractivity contribution in [3.8, 4) is 0 Å². The van der Waals surface area contributed by atoms with Gasteiger partial charge in [0, 0.05) is 30.6 Å². The molecule has 0 spiro atoms. The van der Waals surface area contributed by atoms with Crippen molar-refractivity contribution in [2.45, 2.75) is 64.1 Å². The third-order valence-electron chi connectivity index (χ3n) is 6.59. The quantitative estimate of drug-likeness (QED) is 0.502. The number of aromatic amines is 1. The summed E-state index contributed by atoms with van der Waals surface area (Å²) in [7, 11) is 0. The maximum Gasteiger partial charge on any atom is 0.259 e. The van der Waals surface area contributed by atoms with Gasteiger partial charge in [0.25, 0.3) is 5.56 Å². The van der Waals surface area contributed by atoms with Crippen LogP contribution < -0.4 is 10.9 Å². The molecule has 6 nitrogen and oxygen atoms in total. The third kappa shape index (κ3) is 5.34. The minimum Gasteiger partial charge on any atom is -0.354 e. The molecule has 3 aromatic rings. The molecular formula is C25H32N4O2S2. The van der Waals surface area contributed by atoms with E-state index in [1.807, 2.05) is 20.8 Å². The molecule has 4 rings (SSSR count). The maximum absolute atomic E-state index is 12.8. The van der Waals surface area contributed by atoms with Crippen LogP contribution in [-0.2, 0) is 23.5 Å². The summed E-state index contributed by atoms with van der Waals surface area (Å²) >= 11 is 3.04. The largest absolute Gasteiger partial charge is 0.354 e. The topological polar surface area (TPSA) is 78.1 Å². The lowest BCUT2D eigenvalue weighted by atomic mass is 9.98. The van der Waals surface area contributed by atoms with Crippen LogP contribution in [0.3, 0.4) is 0 Å². The van der Waals surface area contributed by atoms with Gasteiger partial charge in [0.1, 0.15) is 10.7 Å². The minimum absolute atomic E-state index is 0.0297. The van der Waals surface area contributed by atoms with Crippen LogP contribution in [-0.4, -0.2) is 45.2 Å². The molecule has 8 heteroatoms. The highest BCUT2D eigenvalue weighted by Gasteiger charge is 2.23. The van der Waals surface area contributed by atoms with Crippen LogP contribution in [0, 0.1) is 13.8 Å². The molecule has 2 atom stereocenters. The van der Waals surface area contributed by atoms with Gasteiger partial charge in [-0.2, -0.15) is 0 Å². The van der Waals surface area contributed by atoms with E-state index in [0.29, 0.717) is 29.6 Å². The Kier molecular flexibility index (Phi) is 7.56. The summed E-state index contributed by atoms with van der Waals surface area (Å²) in [6.07, 6.45) is 2.06. The second-order valence-electron chi connectivity index (χ2n) is 8.73. The number of H-pyrrole nitrogens is 1. The molecule has 1 amide bonds. The Labute approximate surface area is 203 Å². The predicted octanol–water partition coefficient (Wildman–Crippen LogP) is 4.18. The molecule has 0 saturated carbocycles. The van der Waals surface area contributed by atoms with Gasteiger partial charge in [-0.25, -0.2) is 4.98 Å². The molecule has 0 aliphatic carbocycles. The zero-order chi connectivity index (χ0) is 23.5. The number of nitrogens with zero attached hydrogens (tertiary/aromatic N) is 2. The van der Waals surface area contributed by atoms with E-state index >= 15 is 0 Å². The van der Waals surface area contributed by atoms with E-state index in [-0.39, 0.29) is 16.7 Å². The van der Waals surface area contributed by atoms with Gasteiger partial charge in [-0.05, 0) is 50.3 Å². The minimum atomic E-state index is -0.225. The number of thioether (sulfide) groups is 1. The van der Waals surface area contributed by atoms with E-state index < -0.39 is 0 Å². The molecule has 1 aliphatic rings. The van der Waals surface area contributed by atoms with Crippen LogP contribution in [0.15, 0.2) is 29.1 Å². The lowest BCUT2D eigenvalue weighted by Gasteiger charge is -2.35. The lowest BCUT2D eigenvalue weighted by Crippen LogP contribution is -2.46. The third-order valence-corrected chi connectivity index (χ3v) is 8.84. The highest BCUT2D eigenvalue weighted by atomic mass is 32.2. The standard InChI is InChI=1S/C25H32N4O2S2/c1-5-20(29-11-10-18-8-6-7-9-19(18)13-29)12-26-23(30)17(4)32-14-21-27-24(31)22-15(2)16(3)33-25(22)28-21/h6-9,17,20H,5,10-14H2,1-4H3,(H,26,30)(H,27,28,31). The summed E-state index contributed by atoms with van der Waals surface area (Å²) in [6, 6.07) is 8.96. The summed E-state index contributed by atoms with van der Waals surface area (Å²) in [6.45, 7) is 10.7. The van der Waals surface area contributed by atoms with E-state index in [2.05, 4.69) is 51.4 Å². The molecule has 0 bridgehead atoms. The molecule has 2 unspecified atom stereocenters. The Morgan fingerprint density at radius 1 is 1.30 bits per heavy atom. The molecular weight excluding hydrogens is 452 g/mol. The molecule has 2 N–H and O–H groups in total. The number of carbonyl (C=O) groups is 1. The van der Waals surface area contributed by atoms with Crippen molar-refractivity contribution in [3.05, 3.63) is 62.0 Å². The Morgan fingerprint density at radius 3 is 2.82 bits per heavy atom. The molecule has 0 saturated heterocycles. The normalized spacial score (nSPS) is 15.9. The van der Waals surface area contributed by atoms with Crippen molar-refractivity contribution in [3.63, 3.8) is 0 Å². The first-order valence-corrected chi connectivity index (χ1v) is 13.4. The molecule has 3 heterocycles. The maximum atomic E-state index is 12.8. The number of rotatable bonds is 8. The molecule has 1 aromatic carbocycles. The van der Waals surface area contributed by atoms with Crippen LogP contribution >= 0.6 is 23.1 Å². The number of hydrogen-bond donors (Lipinski definition) is 2. The molecule has 0 radical (unpaired) electrons. The second-order valence-corrected chi connectivity index (χ2v) is 11.3. The van der Waals surface area contributed by atoms with Crippen molar-refractivity contribution < 1.29 is 4.79 Å². The summed E-state index contributed by atoms with van der Waals surface area (Å²) in [5.41, 5.74) is 3.74. The molecule has 1 aliphatic heterocycles. The molecule has 2 aromatic heterocycles. The fourth-order valence-corrected chi connectivity index (χ4v) is 6.20. The first-order chi connectivity index (χ1) is 15.9. The Bertz CT molecular complexity index is 1200.